The van der Waals surface area contributed by atoms with Crippen LogP contribution in [0.25, 0.3) is 28.2 Å². The molecule has 3 aromatic heterocycles. The van der Waals surface area contributed by atoms with Gasteiger partial charge in [-0.05, 0) is 38.7 Å². The zero-order chi connectivity index (χ0) is 32.5. The van der Waals surface area contributed by atoms with Gasteiger partial charge in [0, 0.05) is 29.3 Å². The Morgan fingerprint density at radius 3 is 1.85 bits per heavy atom. The molecule has 8 rings (SSSR count). The average molecular weight is 693 g/mol. The van der Waals surface area contributed by atoms with E-state index in [9.17, 15) is 0 Å². The van der Waals surface area contributed by atoms with Gasteiger partial charge in [-0.3, -0.25) is 4.68 Å². The van der Waals surface area contributed by atoms with E-state index in [0.29, 0.717) is 6.54 Å². The molecule has 0 aliphatic carbocycles. The monoisotopic (exact) mass is 691 g/mol. The fourth-order valence-electron chi connectivity index (χ4n) is 6.63. The topological polar surface area (TPSA) is 80.6 Å². The summed E-state index contributed by atoms with van der Waals surface area (Å²) in [4.78, 5) is 4.63. The highest BCUT2D eigenvalue weighted by Crippen LogP contribution is 2.38. The molecule has 5 aromatic carbocycles. The normalized spacial score (nSPS) is 11.7. The summed E-state index contributed by atoms with van der Waals surface area (Å²) < 4.78 is 6.98. The number of tetrazole rings is 1. The van der Waals surface area contributed by atoms with Gasteiger partial charge in [-0.2, -0.15) is 4.63 Å². The van der Waals surface area contributed by atoms with Gasteiger partial charge in [0.2, 0.25) is 0 Å². The van der Waals surface area contributed by atoms with E-state index in [1.165, 1.54) is 0 Å². The average Bonchev–Trinajstić information content (AvgIpc) is 3.88. The van der Waals surface area contributed by atoms with Crippen molar-refractivity contribution in [2.24, 2.45) is 0 Å². The Hall–Kier alpha value is -5.67. The summed E-state index contributed by atoms with van der Waals surface area (Å²) in [6, 6.07) is 48.7. The van der Waals surface area contributed by atoms with Gasteiger partial charge in [0.15, 0.2) is 22.2 Å². The summed E-state index contributed by atoms with van der Waals surface area (Å²) >= 11 is 3.65. The molecule has 8 nitrogen and oxygen atoms in total. The Morgan fingerprint density at radius 1 is 0.708 bits per heavy atom. The number of rotatable bonds is 9. The van der Waals surface area contributed by atoms with Crippen molar-refractivity contribution in [3.63, 3.8) is 0 Å². The van der Waals surface area contributed by atoms with E-state index in [0.717, 1.165) is 67.1 Å². The van der Waals surface area contributed by atoms with Gasteiger partial charge in [-0.15, -0.1) is 9.78 Å². The molecule has 0 aliphatic rings. The first-order chi connectivity index (χ1) is 23.7. The number of nitrogens with one attached hydrogen (secondary N) is 1. The summed E-state index contributed by atoms with van der Waals surface area (Å²) in [5.41, 5.74) is 7.58. The zero-order valence-electron chi connectivity index (χ0n) is 26.3. The van der Waals surface area contributed by atoms with Gasteiger partial charge in [0.25, 0.3) is 0 Å². The predicted octanol–water partition coefficient (Wildman–Crippen LogP) is 7.48. The largest absolute Gasteiger partial charge is 0.334 e. The Labute approximate surface area is 286 Å². The third-order valence-corrected chi connectivity index (χ3v) is 9.42. The second-order valence-corrected chi connectivity index (χ2v) is 12.5. The number of nitrogens with zero attached hydrogens (tertiary/aromatic N) is 7. The number of aromatic amines is 1. The molecule has 0 bridgehead atoms. The maximum atomic E-state index is 4.76. The maximum absolute atomic E-state index is 4.76. The molecule has 0 saturated carbocycles. The van der Waals surface area contributed by atoms with Crippen LogP contribution >= 0.6 is 15.9 Å². The van der Waals surface area contributed by atoms with E-state index in [2.05, 4.69) is 174 Å². The third kappa shape index (κ3) is 5.03. The molecule has 3 heterocycles. The molecule has 1 N–H and O–H groups in total. The highest BCUT2D eigenvalue weighted by Gasteiger charge is 2.46. The van der Waals surface area contributed by atoms with E-state index >= 15 is 0 Å². The van der Waals surface area contributed by atoms with Crippen LogP contribution in [-0.2, 0) is 18.5 Å². The molecular weight excluding hydrogens is 660 g/mol. The number of aromatic nitrogens is 8. The van der Waals surface area contributed by atoms with Crippen LogP contribution in [0.4, 0.5) is 0 Å². The van der Waals surface area contributed by atoms with Gasteiger partial charge >= 0.3 is 5.82 Å². The Balaban J connectivity index is 1.24. The molecule has 0 aliphatic heterocycles. The van der Waals surface area contributed by atoms with Crippen molar-refractivity contribution in [1.82, 2.24) is 34.9 Å². The second kappa shape index (κ2) is 12.5. The minimum atomic E-state index is -0.783. The number of benzene rings is 5. The number of fused-ring (bicyclic) bond motifs is 1. The smallest absolute Gasteiger partial charge is 0.265 e. The molecule has 0 amide bonds. The number of H-pyrrole nitrogens is 1. The van der Waals surface area contributed by atoms with Crippen molar-refractivity contribution in [2.45, 2.75) is 25.4 Å². The number of hydrogen-bond acceptors (Lipinski definition) is 4. The SMILES string of the molecule is CCc1nc2c(Br)cn(Cc3ccc(-c4ccccc4-c4nn[nH][n+]4C(c4ccccc4)(c4ccccc4)c4ccccc4)cc3)n2n1. The van der Waals surface area contributed by atoms with Crippen molar-refractivity contribution in [3.05, 3.63) is 178 Å². The Kier molecular flexibility index (Phi) is 7.74. The first-order valence-corrected chi connectivity index (χ1v) is 16.8. The Morgan fingerprint density at radius 2 is 1.27 bits per heavy atom. The molecule has 0 radical (unpaired) electrons. The maximum Gasteiger partial charge on any atom is 0.334 e. The van der Waals surface area contributed by atoms with Gasteiger partial charge in [0.05, 0.1) is 16.6 Å². The van der Waals surface area contributed by atoms with Gasteiger partial charge in [0.1, 0.15) is 5.10 Å². The van der Waals surface area contributed by atoms with E-state index in [4.69, 9.17) is 5.10 Å². The fourth-order valence-corrected chi connectivity index (χ4v) is 7.11. The molecule has 8 aromatic rings. The summed E-state index contributed by atoms with van der Waals surface area (Å²) in [7, 11) is 0. The quantitative estimate of drug-likeness (QED) is 0.126. The molecule has 0 saturated heterocycles. The summed E-state index contributed by atoms with van der Waals surface area (Å²) in [6.45, 7) is 2.72. The lowest BCUT2D eigenvalue weighted by molar-refractivity contribution is -0.779. The Bertz CT molecular complexity index is 2210. The van der Waals surface area contributed by atoms with E-state index in [1.807, 2.05) is 29.0 Å². The van der Waals surface area contributed by atoms with Crippen LogP contribution in [0.5, 0.6) is 0 Å². The number of aryl methyl sites for hydroxylation is 1. The number of hydrogen-bond donors (Lipinski definition) is 1. The molecular formula is C39H32BrN8+. The lowest BCUT2D eigenvalue weighted by Gasteiger charge is -2.33. The van der Waals surface area contributed by atoms with Crippen LogP contribution in [0.3, 0.4) is 0 Å². The molecule has 0 spiro atoms. The summed E-state index contributed by atoms with van der Waals surface area (Å²) in [5.74, 6) is 1.55. The third-order valence-electron chi connectivity index (χ3n) is 8.86. The molecule has 234 valence electrons. The molecule has 9 heteroatoms. The van der Waals surface area contributed by atoms with Crippen molar-refractivity contribution >= 4 is 21.6 Å². The van der Waals surface area contributed by atoms with E-state index < -0.39 is 5.54 Å². The lowest BCUT2D eigenvalue weighted by Crippen LogP contribution is -2.61. The van der Waals surface area contributed by atoms with Gasteiger partial charge in [-0.1, -0.05) is 146 Å². The molecule has 0 unspecified atom stereocenters. The number of halogens is 1. The van der Waals surface area contributed by atoms with Gasteiger partial charge < -0.3 is 0 Å². The summed E-state index contributed by atoms with van der Waals surface area (Å²) in [5, 5.41) is 17.2. The van der Waals surface area contributed by atoms with Crippen LogP contribution in [0.2, 0.25) is 0 Å². The van der Waals surface area contributed by atoms with Gasteiger partial charge in [-0.25, -0.2) is 4.98 Å². The minimum Gasteiger partial charge on any atom is -0.265 e. The van der Waals surface area contributed by atoms with E-state index in [1.54, 1.807) is 0 Å². The molecule has 0 fully saturated rings. The standard InChI is InChI=1S/C39H31BrN8/c1-2-36-41-38-35(40)27-46(48(38)43-36)26-28-22-24-29(25-23-28)33-20-12-13-21-34(33)37-42-44-45-47(37)39(30-14-6-3-7-15-30,31-16-8-4-9-17-31)32-18-10-5-11-19-32/h3-25,27H,2,26H2,1H3/p+1. The van der Waals surface area contributed by atoms with Crippen molar-refractivity contribution in [1.29, 1.82) is 0 Å². The van der Waals surface area contributed by atoms with Crippen molar-refractivity contribution in [3.8, 4) is 22.5 Å². The molecule has 0 atom stereocenters. The summed E-state index contributed by atoms with van der Waals surface area (Å²) in [6.07, 6.45) is 2.82. The second-order valence-electron chi connectivity index (χ2n) is 11.7. The zero-order valence-corrected chi connectivity index (χ0v) is 27.9. The lowest BCUT2D eigenvalue weighted by atomic mass is 9.77. The predicted molar refractivity (Wildman–Crippen MR) is 189 cm³/mol. The highest BCUT2D eigenvalue weighted by atomic mass is 79.9. The highest BCUT2D eigenvalue weighted by molar-refractivity contribution is 9.10. The van der Waals surface area contributed by atoms with Crippen LogP contribution in [-0.4, -0.2) is 34.9 Å². The first-order valence-electron chi connectivity index (χ1n) is 16.0. The van der Waals surface area contributed by atoms with Crippen molar-refractivity contribution < 1.29 is 4.68 Å². The molecule has 48 heavy (non-hydrogen) atoms. The van der Waals surface area contributed by atoms with Crippen molar-refractivity contribution in [2.75, 3.05) is 0 Å². The van der Waals surface area contributed by atoms with Crippen LogP contribution in [0.1, 0.15) is 35.0 Å². The minimum absolute atomic E-state index is 0.660. The van der Waals surface area contributed by atoms with Crippen LogP contribution in [0, 0.1) is 0 Å². The van der Waals surface area contributed by atoms with Crippen LogP contribution < -0.4 is 4.68 Å². The van der Waals surface area contributed by atoms with E-state index in [-0.39, 0.29) is 0 Å². The fraction of sp³-hybridized carbons (Fsp3) is 0.103. The van der Waals surface area contributed by atoms with Crippen LogP contribution in [0.15, 0.2) is 150 Å². The first kappa shape index (κ1) is 29.7.